The second-order valence-electron chi connectivity index (χ2n) is 9.18. The molecular weight excluding hydrogens is 528 g/mol. The molecule has 0 aliphatic rings. The van der Waals surface area contributed by atoms with Gasteiger partial charge < -0.3 is 23.4 Å². The van der Waals surface area contributed by atoms with E-state index < -0.39 is 12.6 Å². The minimum absolute atomic E-state index is 0.274. The molecule has 1 N–H and O–H groups in total. The maximum atomic E-state index is 10.8. The predicted octanol–water partition coefficient (Wildman–Crippen LogP) is 8.45. The molecule has 0 aliphatic heterocycles. The molecule has 0 amide bonds. The van der Waals surface area contributed by atoms with Crippen molar-refractivity contribution in [3.05, 3.63) is 125 Å². The molecule has 7 heteroatoms. The number of halogens is 1. The first-order valence-corrected chi connectivity index (χ1v) is 13.0. The number of carboxylic acid groups (broad SMARTS) is 1. The van der Waals surface area contributed by atoms with Gasteiger partial charge in [0, 0.05) is 17.2 Å². The van der Waals surface area contributed by atoms with E-state index in [4.69, 9.17) is 35.0 Å². The third kappa shape index (κ3) is 6.47. The van der Waals surface area contributed by atoms with E-state index in [0.29, 0.717) is 5.75 Å². The quantitative estimate of drug-likeness (QED) is 0.186. The first-order chi connectivity index (χ1) is 19.4. The number of aliphatic carboxylic acids is 1. The number of carbonyl (C=O) groups is 1. The fourth-order valence-corrected chi connectivity index (χ4v) is 4.48. The number of furan rings is 2. The smallest absolute Gasteiger partial charge is 0.341 e. The molecular formula is C33H27ClO6. The van der Waals surface area contributed by atoms with Gasteiger partial charge in [-0.1, -0.05) is 60.1 Å². The lowest BCUT2D eigenvalue weighted by atomic mass is 9.95. The summed E-state index contributed by atoms with van der Waals surface area (Å²) in [6, 6.07) is 29.1. The fourth-order valence-electron chi connectivity index (χ4n) is 4.26. The Balaban J connectivity index is 1.39. The van der Waals surface area contributed by atoms with E-state index in [2.05, 4.69) is 24.3 Å². The molecule has 0 aliphatic carbocycles. The zero-order valence-corrected chi connectivity index (χ0v) is 22.8. The predicted molar refractivity (Wildman–Crippen MR) is 155 cm³/mol. The zero-order chi connectivity index (χ0) is 28.1. The van der Waals surface area contributed by atoms with Crippen LogP contribution in [0, 0.1) is 13.8 Å². The molecule has 6 nitrogen and oxygen atoms in total. The van der Waals surface area contributed by atoms with Crippen LogP contribution in [0.1, 0.15) is 22.6 Å². The van der Waals surface area contributed by atoms with Gasteiger partial charge in [0.2, 0.25) is 0 Å². The van der Waals surface area contributed by atoms with Gasteiger partial charge in [-0.25, -0.2) is 4.79 Å². The topological polar surface area (TPSA) is 82.0 Å². The summed E-state index contributed by atoms with van der Waals surface area (Å²) in [7, 11) is 0. The van der Waals surface area contributed by atoms with E-state index in [1.165, 1.54) is 0 Å². The molecule has 5 rings (SSSR count). The summed E-state index contributed by atoms with van der Waals surface area (Å²) in [4.78, 5) is 10.8. The Morgan fingerprint density at radius 2 is 1.32 bits per heavy atom. The molecule has 0 bridgehead atoms. The maximum Gasteiger partial charge on any atom is 0.341 e. The number of carboxylic acids is 1. The second-order valence-corrected chi connectivity index (χ2v) is 9.59. The summed E-state index contributed by atoms with van der Waals surface area (Å²) in [5.41, 5.74) is 5.03. The van der Waals surface area contributed by atoms with E-state index in [-0.39, 0.29) is 17.4 Å². The lowest BCUT2D eigenvalue weighted by Crippen LogP contribution is -2.09. The molecule has 3 aromatic carbocycles. The van der Waals surface area contributed by atoms with Crippen molar-refractivity contribution in [1.82, 2.24) is 0 Å². The van der Waals surface area contributed by atoms with E-state index in [1.54, 1.807) is 18.2 Å². The van der Waals surface area contributed by atoms with Crippen LogP contribution in [0.3, 0.4) is 0 Å². The van der Waals surface area contributed by atoms with Crippen molar-refractivity contribution < 1.29 is 28.2 Å². The standard InChI is InChI=1S/C33H27ClO6/c1-21-3-14-30(39-21)25-9-5-23(6-10-25)28(24-7-11-26(12-8-24)31-15-4-22(2)40-31)17-18-37-27-13-16-32(29(34)19-27)38-20-33(35)36/h3-17,19H,18,20H2,1-2H3,(H,35,36). The normalized spacial score (nSPS) is 10.8. The Labute approximate surface area is 237 Å². The largest absolute Gasteiger partial charge is 0.489 e. The van der Waals surface area contributed by atoms with Crippen molar-refractivity contribution in [1.29, 1.82) is 0 Å². The molecule has 0 saturated heterocycles. The highest BCUT2D eigenvalue weighted by atomic mass is 35.5. The van der Waals surface area contributed by atoms with Crippen LogP contribution >= 0.6 is 11.6 Å². The van der Waals surface area contributed by atoms with Crippen LogP contribution in [-0.4, -0.2) is 24.3 Å². The Kier molecular flexibility index (Phi) is 8.08. The second kappa shape index (κ2) is 12.0. The van der Waals surface area contributed by atoms with Crippen LogP contribution < -0.4 is 9.47 Å². The average Bonchev–Trinajstić information content (AvgIpc) is 3.59. The summed E-state index contributed by atoms with van der Waals surface area (Å²) >= 11 is 6.25. The molecule has 0 unspecified atom stereocenters. The lowest BCUT2D eigenvalue weighted by Gasteiger charge is -2.12. The zero-order valence-electron chi connectivity index (χ0n) is 22.0. The Hall–Kier alpha value is -4.68. The van der Waals surface area contributed by atoms with Gasteiger partial charge in [0.25, 0.3) is 0 Å². The summed E-state index contributed by atoms with van der Waals surface area (Å²) in [5, 5.41) is 9.09. The molecule has 0 spiro atoms. The minimum atomic E-state index is -1.08. The van der Waals surface area contributed by atoms with Gasteiger partial charge in [-0.3, -0.25) is 0 Å². The van der Waals surface area contributed by atoms with E-state index in [0.717, 1.165) is 50.9 Å². The third-order valence-corrected chi connectivity index (χ3v) is 6.53. The summed E-state index contributed by atoms with van der Waals surface area (Å²) < 4.78 is 22.7. The number of aryl methyl sites for hydroxylation is 2. The number of benzene rings is 3. The van der Waals surface area contributed by atoms with Gasteiger partial charge in [0.15, 0.2) is 6.61 Å². The summed E-state index contributed by atoms with van der Waals surface area (Å²) in [5.74, 6) is 3.12. The molecule has 40 heavy (non-hydrogen) atoms. The van der Waals surface area contributed by atoms with Crippen molar-refractivity contribution >= 4 is 23.1 Å². The molecule has 0 fully saturated rings. The Morgan fingerprint density at radius 1 is 0.775 bits per heavy atom. The fraction of sp³-hybridized carbons (Fsp3) is 0.121. The minimum Gasteiger partial charge on any atom is -0.489 e. The third-order valence-electron chi connectivity index (χ3n) is 6.23. The highest BCUT2D eigenvalue weighted by molar-refractivity contribution is 6.32. The molecule has 2 heterocycles. The van der Waals surface area contributed by atoms with E-state index in [1.807, 2.05) is 68.5 Å². The van der Waals surface area contributed by atoms with Gasteiger partial charge in [-0.15, -0.1) is 0 Å². The average molecular weight is 555 g/mol. The van der Waals surface area contributed by atoms with Crippen molar-refractivity contribution in [2.45, 2.75) is 13.8 Å². The van der Waals surface area contributed by atoms with Crippen LogP contribution in [0.5, 0.6) is 11.5 Å². The SMILES string of the molecule is Cc1ccc(-c2ccc(C(=CCOc3ccc(OCC(=O)O)c(Cl)c3)c3ccc(-c4ccc(C)o4)cc3)cc2)o1. The van der Waals surface area contributed by atoms with Gasteiger partial charge in [-0.2, -0.15) is 0 Å². The van der Waals surface area contributed by atoms with Gasteiger partial charge in [0.1, 0.15) is 41.1 Å². The van der Waals surface area contributed by atoms with Crippen molar-refractivity contribution in [3.63, 3.8) is 0 Å². The maximum absolute atomic E-state index is 10.8. The molecule has 0 saturated carbocycles. The number of rotatable bonds is 10. The first kappa shape index (κ1) is 26.9. The van der Waals surface area contributed by atoms with Crippen molar-refractivity contribution in [2.24, 2.45) is 0 Å². The van der Waals surface area contributed by atoms with Crippen LogP contribution in [0.2, 0.25) is 5.02 Å². The molecule has 2 aromatic heterocycles. The van der Waals surface area contributed by atoms with Gasteiger partial charge >= 0.3 is 5.97 Å². The van der Waals surface area contributed by atoms with Gasteiger partial charge in [-0.05, 0) is 73.0 Å². The van der Waals surface area contributed by atoms with Crippen molar-refractivity contribution in [3.8, 4) is 34.1 Å². The highest BCUT2D eigenvalue weighted by Crippen LogP contribution is 2.31. The monoisotopic (exact) mass is 554 g/mol. The van der Waals surface area contributed by atoms with Gasteiger partial charge in [0.05, 0.1) is 5.02 Å². The Bertz CT molecular complexity index is 1560. The Morgan fingerprint density at radius 3 is 1.77 bits per heavy atom. The van der Waals surface area contributed by atoms with Crippen LogP contribution in [0.15, 0.2) is 106 Å². The van der Waals surface area contributed by atoms with Crippen LogP contribution in [-0.2, 0) is 4.79 Å². The summed E-state index contributed by atoms with van der Waals surface area (Å²) in [6.07, 6.45) is 2.01. The highest BCUT2D eigenvalue weighted by Gasteiger charge is 2.11. The van der Waals surface area contributed by atoms with Crippen molar-refractivity contribution in [2.75, 3.05) is 13.2 Å². The van der Waals surface area contributed by atoms with Crippen LogP contribution in [0.4, 0.5) is 0 Å². The molecule has 5 aromatic rings. The van der Waals surface area contributed by atoms with Crippen LogP contribution in [0.25, 0.3) is 28.2 Å². The number of hydrogen-bond donors (Lipinski definition) is 1. The molecule has 0 radical (unpaired) electrons. The lowest BCUT2D eigenvalue weighted by molar-refractivity contribution is -0.139. The van der Waals surface area contributed by atoms with E-state index in [9.17, 15) is 4.79 Å². The van der Waals surface area contributed by atoms with E-state index >= 15 is 0 Å². The number of ether oxygens (including phenoxy) is 2. The molecule has 202 valence electrons. The molecule has 0 atom stereocenters. The number of hydrogen-bond acceptors (Lipinski definition) is 5. The first-order valence-electron chi connectivity index (χ1n) is 12.7. The summed E-state index contributed by atoms with van der Waals surface area (Å²) in [6.45, 7) is 3.66.